The molecule has 6 nitrogen and oxygen atoms in total. The van der Waals surface area contributed by atoms with Gasteiger partial charge in [0.1, 0.15) is 12.2 Å². The van der Waals surface area contributed by atoms with Crippen LogP contribution >= 0.6 is 11.3 Å². The monoisotopic (exact) mass is 293 g/mol. The molecule has 1 amide bonds. The van der Waals surface area contributed by atoms with Crippen LogP contribution in [0.1, 0.15) is 21.2 Å². The highest BCUT2D eigenvalue weighted by atomic mass is 32.1. The Hall–Kier alpha value is -2.15. The fraction of sp³-hybridized carbons (Fsp3) is 0.308. The Kier molecular flexibility index (Phi) is 4.52. The Balaban J connectivity index is 1.88. The summed E-state index contributed by atoms with van der Waals surface area (Å²) in [5.41, 5.74) is 1.33. The molecule has 0 saturated carbocycles. The molecule has 0 bridgehead atoms. The molecular weight excluding hydrogens is 278 g/mol. The standard InChI is InChI=1S/C13H15N3O3S/c1-9-8-20-11(15-9)4-5-14-13(19)10-3-2-6-16(10)7-12(17)18/h2-3,6,8H,4-5,7H2,1H3,(H,14,19)(H,17,18). The van der Waals surface area contributed by atoms with Crippen molar-refractivity contribution < 1.29 is 14.7 Å². The van der Waals surface area contributed by atoms with Gasteiger partial charge in [0.05, 0.1) is 5.01 Å². The van der Waals surface area contributed by atoms with Crippen molar-refractivity contribution in [2.24, 2.45) is 0 Å². The summed E-state index contributed by atoms with van der Waals surface area (Å²) in [6, 6.07) is 3.26. The highest BCUT2D eigenvalue weighted by molar-refractivity contribution is 7.09. The maximum Gasteiger partial charge on any atom is 0.323 e. The third-order valence-electron chi connectivity index (χ3n) is 2.66. The van der Waals surface area contributed by atoms with Gasteiger partial charge in [0.15, 0.2) is 0 Å². The van der Waals surface area contributed by atoms with Gasteiger partial charge < -0.3 is 15.0 Å². The zero-order valence-electron chi connectivity index (χ0n) is 11.0. The molecule has 0 aliphatic carbocycles. The fourth-order valence-corrected chi connectivity index (χ4v) is 2.57. The van der Waals surface area contributed by atoms with Gasteiger partial charge in [-0.25, -0.2) is 4.98 Å². The van der Waals surface area contributed by atoms with Crippen LogP contribution in [-0.2, 0) is 17.8 Å². The molecule has 2 heterocycles. The molecule has 0 spiro atoms. The molecule has 0 radical (unpaired) electrons. The van der Waals surface area contributed by atoms with Crippen molar-refractivity contribution in [3.05, 3.63) is 40.1 Å². The van der Waals surface area contributed by atoms with Crippen LogP contribution in [0.3, 0.4) is 0 Å². The summed E-state index contributed by atoms with van der Waals surface area (Å²) in [5.74, 6) is -1.25. The average molecular weight is 293 g/mol. The van der Waals surface area contributed by atoms with E-state index in [1.165, 1.54) is 4.57 Å². The highest BCUT2D eigenvalue weighted by Crippen LogP contribution is 2.08. The van der Waals surface area contributed by atoms with Crippen molar-refractivity contribution in [2.75, 3.05) is 6.54 Å². The van der Waals surface area contributed by atoms with Crippen LogP contribution in [0.15, 0.2) is 23.7 Å². The number of hydrogen-bond acceptors (Lipinski definition) is 4. The first-order valence-electron chi connectivity index (χ1n) is 6.12. The normalized spacial score (nSPS) is 10.4. The van der Waals surface area contributed by atoms with E-state index in [2.05, 4.69) is 10.3 Å². The summed E-state index contributed by atoms with van der Waals surface area (Å²) in [5, 5.41) is 14.5. The van der Waals surface area contributed by atoms with E-state index in [4.69, 9.17) is 5.11 Å². The van der Waals surface area contributed by atoms with Crippen LogP contribution in [0.25, 0.3) is 0 Å². The summed E-state index contributed by atoms with van der Waals surface area (Å²) in [6.45, 7) is 2.18. The number of carbonyl (C=O) groups excluding carboxylic acids is 1. The number of hydrogen-bond donors (Lipinski definition) is 2. The van der Waals surface area contributed by atoms with Gasteiger partial charge in [-0.3, -0.25) is 9.59 Å². The van der Waals surface area contributed by atoms with E-state index in [0.29, 0.717) is 18.7 Å². The van der Waals surface area contributed by atoms with Gasteiger partial charge in [0.25, 0.3) is 5.91 Å². The summed E-state index contributed by atoms with van der Waals surface area (Å²) >= 11 is 1.56. The third-order valence-corrected chi connectivity index (χ3v) is 3.69. The summed E-state index contributed by atoms with van der Waals surface area (Å²) in [7, 11) is 0. The average Bonchev–Trinajstić information content (AvgIpc) is 2.98. The van der Waals surface area contributed by atoms with Gasteiger partial charge in [-0.05, 0) is 19.1 Å². The lowest BCUT2D eigenvalue weighted by Gasteiger charge is -2.07. The Bertz CT molecular complexity index is 618. The Labute approximate surface area is 120 Å². The molecule has 0 aliphatic rings. The van der Waals surface area contributed by atoms with Gasteiger partial charge in [-0.1, -0.05) is 0 Å². The summed E-state index contributed by atoms with van der Waals surface area (Å²) < 4.78 is 1.41. The van der Waals surface area contributed by atoms with E-state index < -0.39 is 5.97 Å². The van der Waals surface area contributed by atoms with Gasteiger partial charge in [0, 0.05) is 30.2 Å². The number of nitrogens with zero attached hydrogens (tertiary/aromatic N) is 2. The number of thiazole rings is 1. The van der Waals surface area contributed by atoms with E-state index in [1.54, 1.807) is 29.7 Å². The molecule has 2 aromatic heterocycles. The predicted molar refractivity (Wildman–Crippen MR) is 75.0 cm³/mol. The number of carboxylic acids is 1. The van der Waals surface area contributed by atoms with E-state index in [0.717, 1.165) is 10.7 Å². The van der Waals surface area contributed by atoms with Gasteiger partial charge in [-0.15, -0.1) is 11.3 Å². The molecule has 106 valence electrons. The minimum Gasteiger partial charge on any atom is -0.480 e. The smallest absolute Gasteiger partial charge is 0.323 e. The van der Waals surface area contributed by atoms with Crippen molar-refractivity contribution >= 4 is 23.2 Å². The van der Waals surface area contributed by atoms with Gasteiger partial charge in [0.2, 0.25) is 0 Å². The predicted octanol–water partition coefficient (Wildman–Crippen LogP) is 1.31. The molecule has 0 aliphatic heterocycles. The van der Waals surface area contributed by atoms with Crippen molar-refractivity contribution in [3.8, 4) is 0 Å². The first-order valence-corrected chi connectivity index (χ1v) is 7.00. The van der Waals surface area contributed by atoms with Crippen molar-refractivity contribution in [1.29, 1.82) is 0 Å². The Morgan fingerprint density at radius 1 is 1.50 bits per heavy atom. The number of nitrogens with one attached hydrogen (secondary N) is 1. The lowest BCUT2D eigenvalue weighted by molar-refractivity contribution is -0.137. The maximum absolute atomic E-state index is 12.0. The van der Waals surface area contributed by atoms with Crippen molar-refractivity contribution in [3.63, 3.8) is 0 Å². The highest BCUT2D eigenvalue weighted by Gasteiger charge is 2.12. The zero-order chi connectivity index (χ0) is 14.5. The van der Waals surface area contributed by atoms with E-state index in [-0.39, 0.29) is 12.5 Å². The van der Waals surface area contributed by atoms with Crippen LogP contribution in [0.4, 0.5) is 0 Å². The minimum absolute atomic E-state index is 0.221. The second kappa shape index (κ2) is 6.33. The molecule has 0 fully saturated rings. The molecule has 0 unspecified atom stereocenters. The van der Waals surface area contributed by atoms with Crippen LogP contribution in [0, 0.1) is 6.92 Å². The maximum atomic E-state index is 12.0. The third kappa shape index (κ3) is 3.67. The second-order valence-corrected chi connectivity index (χ2v) is 5.25. The van der Waals surface area contributed by atoms with Crippen LogP contribution in [0.2, 0.25) is 0 Å². The quantitative estimate of drug-likeness (QED) is 0.841. The number of aliphatic carboxylic acids is 1. The Morgan fingerprint density at radius 2 is 2.30 bits per heavy atom. The minimum atomic E-state index is -0.978. The topological polar surface area (TPSA) is 84.2 Å². The molecule has 0 saturated heterocycles. The number of carbonyl (C=O) groups is 2. The number of carboxylic acid groups (broad SMARTS) is 1. The zero-order valence-corrected chi connectivity index (χ0v) is 11.8. The number of rotatable bonds is 6. The molecular formula is C13H15N3O3S. The molecule has 2 rings (SSSR count). The number of aryl methyl sites for hydroxylation is 1. The number of aromatic nitrogens is 2. The first kappa shape index (κ1) is 14.3. The largest absolute Gasteiger partial charge is 0.480 e. The Morgan fingerprint density at radius 3 is 2.95 bits per heavy atom. The van der Waals surface area contributed by atoms with E-state index in [1.807, 2.05) is 12.3 Å². The van der Waals surface area contributed by atoms with E-state index >= 15 is 0 Å². The molecule has 0 aromatic carbocycles. The lowest BCUT2D eigenvalue weighted by atomic mass is 10.3. The molecule has 2 N–H and O–H groups in total. The van der Waals surface area contributed by atoms with Crippen molar-refractivity contribution in [2.45, 2.75) is 19.9 Å². The summed E-state index contributed by atoms with van der Waals surface area (Å²) in [4.78, 5) is 27.0. The second-order valence-electron chi connectivity index (χ2n) is 4.30. The molecule has 2 aromatic rings. The molecule has 20 heavy (non-hydrogen) atoms. The molecule has 7 heteroatoms. The van der Waals surface area contributed by atoms with Crippen LogP contribution in [-0.4, -0.2) is 33.1 Å². The first-order chi connectivity index (χ1) is 9.56. The van der Waals surface area contributed by atoms with E-state index in [9.17, 15) is 9.59 Å². The SMILES string of the molecule is Cc1csc(CCNC(=O)c2cccn2CC(=O)O)n1. The number of amides is 1. The van der Waals surface area contributed by atoms with Gasteiger partial charge in [-0.2, -0.15) is 0 Å². The molecule has 0 atom stereocenters. The summed E-state index contributed by atoms with van der Waals surface area (Å²) in [6.07, 6.45) is 2.25. The van der Waals surface area contributed by atoms with Crippen LogP contribution < -0.4 is 5.32 Å². The van der Waals surface area contributed by atoms with Crippen LogP contribution in [0.5, 0.6) is 0 Å². The van der Waals surface area contributed by atoms with Crippen molar-refractivity contribution in [1.82, 2.24) is 14.9 Å². The van der Waals surface area contributed by atoms with Gasteiger partial charge >= 0.3 is 5.97 Å². The fourth-order valence-electron chi connectivity index (χ4n) is 1.79. The lowest BCUT2D eigenvalue weighted by Crippen LogP contribution is -2.28.